The van der Waals surface area contributed by atoms with Crippen molar-refractivity contribution in [1.29, 1.82) is 0 Å². The van der Waals surface area contributed by atoms with E-state index in [-0.39, 0.29) is 18.5 Å². The van der Waals surface area contributed by atoms with Crippen molar-refractivity contribution >= 4 is 12.0 Å². The van der Waals surface area contributed by atoms with Crippen molar-refractivity contribution in [3.8, 4) is 17.0 Å². The fourth-order valence-corrected chi connectivity index (χ4v) is 3.69. The molecule has 0 saturated carbocycles. The number of carboxylic acid groups (broad SMARTS) is 1. The maximum atomic E-state index is 12.7. The van der Waals surface area contributed by atoms with Gasteiger partial charge in [-0.3, -0.25) is 9.78 Å². The average Bonchev–Trinajstić information content (AvgIpc) is 2.81. The highest BCUT2D eigenvalue weighted by Gasteiger charge is 2.21. The summed E-state index contributed by atoms with van der Waals surface area (Å²) in [7, 11) is 1.57. The zero-order valence-corrected chi connectivity index (χ0v) is 19.1. The fraction of sp³-hybridized carbons (Fsp3) is 0.269. The molecule has 7 nitrogen and oxygen atoms in total. The molecule has 1 heterocycles. The number of aryl methyl sites for hydroxylation is 1. The van der Waals surface area contributed by atoms with Crippen LogP contribution in [-0.2, 0) is 17.8 Å². The number of aliphatic carboxylic acids is 1. The van der Waals surface area contributed by atoms with Crippen LogP contribution >= 0.6 is 0 Å². The largest absolute Gasteiger partial charge is 0.496 e. The van der Waals surface area contributed by atoms with Crippen molar-refractivity contribution < 1.29 is 19.4 Å². The molecule has 0 aliphatic heterocycles. The highest BCUT2D eigenvalue weighted by molar-refractivity contribution is 5.77. The minimum atomic E-state index is -0.911. The van der Waals surface area contributed by atoms with E-state index in [1.54, 1.807) is 31.5 Å². The predicted octanol–water partition coefficient (Wildman–Crippen LogP) is 4.64. The van der Waals surface area contributed by atoms with Crippen molar-refractivity contribution in [2.24, 2.45) is 0 Å². The Morgan fingerprint density at radius 1 is 1.09 bits per heavy atom. The summed E-state index contributed by atoms with van der Waals surface area (Å²) in [4.78, 5) is 28.5. The first-order valence-electron chi connectivity index (χ1n) is 10.8. The molecule has 1 aromatic heterocycles. The van der Waals surface area contributed by atoms with Gasteiger partial charge in [0, 0.05) is 23.9 Å². The lowest BCUT2D eigenvalue weighted by Crippen LogP contribution is -2.37. The normalized spacial score (nSPS) is 11.5. The van der Waals surface area contributed by atoms with Crippen LogP contribution in [0.25, 0.3) is 11.3 Å². The molecular weight excluding hydrogens is 418 g/mol. The van der Waals surface area contributed by atoms with Crippen LogP contribution in [0.1, 0.15) is 41.6 Å². The number of carbonyl (C=O) groups is 2. The number of ether oxygens (including phenoxy) is 1. The van der Waals surface area contributed by atoms with Crippen LogP contribution in [0.2, 0.25) is 0 Å². The van der Waals surface area contributed by atoms with Gasteiger partial charge in [-0.2, -0.15) is 0 Å². The number of methoxy groups -OCH3 is 1. The summed E-state index contributed by atoms with van der Waals surface area (Å²) in [5.74, 6) is -0.323. The Morgan fingerprint density at radius 2 is 1.85 bits per heavy atom. The first kappa shape index (κ1) is 23.8. The highest BCUT2D eigenvalue weighted by Crippen LogP contribution is 2.35. The van der Waals surface area contributed by atoms with Crippen LogP contribution < -0.4 is 15.4 Å². The van der Waals surface area contributed by atoms with Crippen molar-refractivity contribution in [2.45, 2.75) is 39.3 Å². The Bertz CT molecular complexity index is 1120. The highest BCUT2D eigenvalue weighted by atomic mass is 16.5. The zero-order valence-electron chi connectivity index (χ0n) is 19.1. The van der Waals surface area contributed by atoms with Gasteiger partial charge >= 0.3 is 12.0 Å². The summed E-state index contributed by atoms with van der Waals surface area (Å²) in [5.41, 5.74) is 4.81. The summed E-state index contributed by atoms with van der Waals surface area (Å²) >= 11 is 0. The average molecular weight is 448 g/mol. The van der Waals surface area contributed by atoms with Crippen molar-refractivity contribution in [1.82, 2.24) is 15.6 Å². The Morgan fingerprint density at radius 3 is 2.52 bits per heavy atom. The van der Waals surface area contributed by atoms with Gasteiger partial charge in [0.2, 0.25) is 0 Å². The Labute approximate surface area is 193 Å². The van der Waals surface area contributed by atoms with E-state index in [4.69, 9.17) is 4.74 Å². The van der Waals surface area contributed by atoms with Crippen LogP contribution in [0.15, 0.2) is 60.8 Å². The monoisotopic (exact) mass is 447 g/mol. The standard InChI is InChI=1S/C26H29N3O4/c1-4-22(29-26(32)28-16-18-8-6-5-7-9-18)20-12-17(2)15-27-25(20)21-13-19(14-24(30)31)10-11-23(21)33-3/h5-13,15,22H,4,14,16H2,1-3H3,(H,30,31)(H2,28,29,32). The number of benzene rings is 2. The van der Waals surface area contributed by atoms with Crippen LogP contribution in [0.3, 0.4) is 0 Å². The number of hydrogen-bond donors (Lipinski definition) is 3. The third-order valence-electron chi connectivity index (χ3n) is 5.31. The molecule has 0 aliphatic carbocycles. The lowest BCUT2D eigenvalue weighted by atomic mass is 9.95. The Balaban J connectivity index is 1.90. The number of nitrogens with zero attached hydrogens (tertiary/aromatic N) is 1. The Kier molecular flexibility index (Phi) is 8.02. The maximum absolute atomic E-state index is 12.7. The van der Waals surface area contributed by atoms with E-state index < -0.39 is 5.97 Å². The molecule has 1 atom stereocenters. The molecule has 0 bridgehead atoms. The number of urea groups is 1. The van der Waals surface area contributed by atoms with Gasteiger partial charge < -0.3 is 20.5 Å². The lowest BCUT2D eigenvalue weighted by Gasteiger charge is -2.22. The van der Waals surface area contributed by atoms with E-state index >= 15 is 0 Å². The first-order valence-corrected chi connectivity index (χ1v) is 10.8. The second-order valence-corrected chi connectivity index (χ2v) is 7.83. The van der Waals surface area contributed by atoms with E-state index in [1.165, 1.54) is 0 Å². The number of aromatic nitrogens is 1. The molecule has 1 unspecified atom stereocenters. The Hall–Kier alpha value is -3.87. The van der Waals surface area contributed by atoms with Gasteiger partial charge in [-0.25, -0.2) is 4.79 Å². The maximum Gasteiger partial charge on any atom is 0.315 e. The van der Waals surface area contributed by atoms with Gasteiger partial charge in [0.1, 0.15) is 5.75 Å². The number of hydrogen-bond acceptors (Lipinski definition) is 4. The third-order valence-corrected chi connectivity index (χ3v) is 5.31. The van der Waals surface area contributed by atoms with Crippen molar-refractivity contribution in [2.75, 3.05) is 7.11 Å². The molecule has 0 radical (unpaired) electrons. The molecular formula is C26H29N3O4. The van der Waals surface area contributed by atoms with E-state index in [2.05, 4.69) is 15.6 Å². The molecule has 7 heteroatoms. The molecule has 0 fully saturated rings. The third kappa shape index (κ3) is 6.32. The lowest BCUT2D eigenvalue weighted by molar-refractivity contribution is -0.136. The molecule has 0 aliphatic rings. The summed E-state index contributed by atoms with van der Waals surface area (Å²) in [6.07, 6.45) is 2.30. The first-order chi connectivity index (χ1) is 15.9. The second-order valence-electron chi connectivity index (χ2n) is 7.83. The quantitative estimate of drug-likeness (QED) is 0.444. The number of nitrogens with one attached hydrogen (secondary N) is 2. The topological polar surface area (TPSA) is 101 Å². The predicted molar refractivity (Wildman–Crippen MR) is 127 cm³/mol. The van der Waals surface area contributed by atoms with E-state index in [1.807, 2.05) is 50.2 Å². The van der Waals surface area contributed by atoms with Crippen LogP contribution in [-0.4, -0.2) is 29.2 Å². The molecule has 172 valence electrons. The van der Waals surface area contributed by atoms with Gasteiger partial charge in [-0.05, 0) is 42.2 Å². The van der Waals surface area contributed by atoms with E-state index in [9.17, 15) is 14.7 Å². The number of rotatable bonds is 9. The van der Waals surface area contributed by atoms with Crippen molar-refractivity contribution in [3.05, 3.63) is 83.0 Å². The van der Waals surface area contributed by atoms with E-state index in [0.29, 0.717) is 35.5 Å². The minimum absolute atomic E-state index is 0.102. The van der Waals surface area contributed by atoms with Gasteiger partial charge in [-0.1, -0.05) is 49.4 Å². The summed E-state index contributed by atoms with van der Waals surface area (Å²) < 4.78 is 5.54. The number of carbonyl (C=O) groups excluding carboxylic acids is 1. The smallest absolute Gasteiger partial charge is 0.315 e. The molecule has 33 heavy (non-hydrogen) atoms. The van der Waals surface area contributed by atoms with Crippen molar-refractivity contribution in [3.63, 3.8) is 0 Å². The van der Waals surface area contributed by atoms with Gasteiger partial charge in [0.15, 0.2) is 0 Å². The molecule has 3 N–H and O–H groups in total. The van der Waals surface area contributed by atoms with Crippen LogP contribution in [0, 0.1) is 6.92 Å². The number of carboxylic acids is 1. The molecule has 2 aromatic carbocycles. The van der Waals surface area contributed by atoms with Gasteiger partial charge in [-0.15, -0.1) is 0 Å². The second kappa shape index (κ2) is 11.1. The van der Waals surface area contributed by atoms with E-state index in [0.717, 1.165) is 16.7 Å². The minimum Gasteiger partial charge on any atom is -0.496 e. The number of amides is 2. The molecule has 0 saturated heterocycles. The summed E-state index contributed by atoms with van der Waals surface area (Å²) in [5, 5.41) is 15.2. The zero-order chi connectivity index (χ0) is 23.8. The van der Waals surface area contributed by atoms with Gasteiger partial charge in [0.25, 0.3) is 0 Å². The summed E-state index contributed by atoms with van der Waals surface area (Å²) in [6, 6.07) is 16.4. The molecule has 2 amide bonds. The molecule has 0 spiro atoms. The van der Waals surface area contributed by atoms with Crippen LogP contribution in [0.4, 0.5) is 4.79 Å². The SMILES string of the molecule is CCC(NC(=O)NCc1ccccc1)c1cc(C)cnc1-c1cc(CC(=O)O)ccc1OC. The van der Waals surface area contributed by atoms with Gasteiger partial charge in [0.05, 0.1) is 25.3 Å². The molecule has 3 rings (SSSR count). The molecule has 3 aromatic rings. The fourth-order valence-electron chi connectivity index (χ4n) is 3.69. The number of pyridine rings is 1. The summed E-state index contributed by atoms with van der Waals surface area (Å²) in [6.45, 7) is 4.36. The van der Waals surface area contributed by atoms with Crippen LogP contribution in [0.5, 0.6) is 5.75 Å².